The average Bonchev–Trinajstić information content (AvgIpc) is 3.42. The van der Waals surface area contributed by atoms with Crippen LogP contribution in [0.15, 0.2) is 42.7 Å². The lowest BCUT2D eigenvalue weighted by molar-refractivity contribution is -0.117. The summed E-state index contributed by atoms with van der Waals surface area (Å²) < 4.78 is 7.95. The summed E-state index contributed by atoms with van der Waals surface area (Å²) in [5.41, 5.74) is 4.08. The van der Waals surface area contributed by atoms with E-state index in [4.69, 9.17) is 4.74 Å². The molecule has 4 aromatic rings. The molecular weight excluding hydrogens is 462 g/mol. The fourth-order valence-electron chi connectivity index (χ4n) is 3.60. The van der Waals surface area contributed by atoms with E-state index in [2.05, 4.69) is 20.6 Å². The number of ether oxygens (including phenoxy) is 1. The Kier molecular flexibility index (Phi) is 6.64. The van der Waals surface area contributed by atoms with Crippen LogP contribution < -0.4 is 10.6 Å². The maximum atomic E-state index is 12.6. The van der Waals surface area contributed by atoms with E-state index in [0.717, 1.165) is 39.7 Å². The summed E-state index contributed by atoms with van der Waals surface area (Å²) >= 11 is 1.46. The molecular formula is C23H24ClN5O3S. The zero-order chi connectivity index (χ0) is 22.2. The Morgan fingerprint density at radius 1 is 1.21 bits per heavy atom. The molecule has 0 aliphatic heterocycles. The zero-order valence-corrected chi connectivity index (χ0v) is 19.8. The summed E-state index contributed by atoms with van der Waals surface area (Å²) in [6.07, 6.45) is 4.71. The molecule has 1 aromatic carbocycles. The van der Waals surface area contributed by atoms with E-state index in [1.807, 2.05) is 38.2 Å². The van der Waals surface area contributed by atoms with Crippen LogP contribution in [0.1, 0.15) is 19.8 Å². The molecule has 1 saturated carbocycles. The first-order chi connectivity index (χ1) is 15.5. The summed E-state index contributed by atoms with van der Waals surface area (Å²) in [6.45, 7) is 2.42. The molecule has 10 heteroatoms. The standard InChI is InChI=1S/C23H23N5O3S.ClH/c1-13(11-24-2)31-23(30)28-8-7-17-19(28)9-16(12-25-17)15-5-6-18-20(10-15)32-22(26-18)27-21(29)14-3-4-14;/h5-10,12-14,24H,3-4,11H2,1-2H3,(H,26,27,29);1H. The van der Waals surface area contributed by atoms with Crippen molar-refractivity contribution in [2.75, 3.05) is 18.9 Å². The van der Waals surface area contributed by atoms with Crippen molar-refractivity contribution in [3.63, 3.8) is 0 Å². The van der Waals surface area contributed by atoms with E-state index >= 15 is 0 Å². The van der Waals surface area contributed by atoms with Crippen molar-refractivity contribution >= 4 is 62.1 Å². The van der Waals surface area contributed by atoms with Gasteiger partial charge in [0.25, 0.3) is 0 Å². The average molecular weight is 486 g/mol. The molecule has 33 heavy (non-hydrogen) atoms. The Bertz CT molecular complexity index is 1330. The third-order valence-corrected chi connectivity index (χ3v) is 6.36. The maximum Gasteiger partial charge on any atom is 0.418 e. The summed E-state index contributed by atoms with van der Waals surface area (Å²) in [5, 5.41) is 6.53. The van der Waals surface area contributed by atoms with Crippen LogP contribution in [0.25, 0.3) is 32.4 Å². The first kappa shape index (κ1) is 23.2. The van der Waals surface area contributed by atoms with E-state index in [-0.39, 0.29) is 30.3 Å². The lowest BCUT2D eigenvalue weighted by Crippen LogP contribution is -2.28. The Morgan fingerprint density at radius 2 is 2.03 bits per heavy atom. The second kappa shape index (κ2) is 9.46. The van der Waals surface area contributed by atoms with E-state index in [1.165, 1.54) is 15.9 Å². The number of halogens is 1. The highest BCUT2D eigenvalue weighted by molar-refractivity contribution is 7.22. The zero-order valence-electron chi connectivity index (χ0n) is 18.2. The molecule has 2 N–H and O–H groups in total. The van der Waals surface area contributed by atoms with Crippen LogP contribution in [0.2, 0.25) is 0 Å². The number of thiazole rings is 1. The number of hydrogen-bond donors (Lipinski definition) is 2. The summed E-state index contributed by atoms with van der Waals surface area (Å²) in [5.74, 6) is 0.190. The van der Waals surface area contributed by atoms with Gasteiger partial charge in [0.05, 0.1) is 21.3 Å². The largest absolute Gasteiger partial charge is 0.445 e. The number of carbonyl (C=O) groups excluding carboxylic acids is 2. The van der Waals surface area contributed by atoms with Crippen LogP contribution >= 0.6 is 23.7 Å². The van der Waals surface area contributed by atoms with Gasteiger partial charge in [0, 0.05) is 30.4 Å². The van der Waals surface area contributed by atoms with Crippen LogP contribution in [-0.4, -0.2) is 46.2 Å². The number of nitrogens with zero attached hydrogens (tertiary/aromatic N) is 3. The van der Waals surface area contributed by atoms with Crippen molar-refractivity contribution in [1.29, 1.82) is 0 Å². The molecule has 1 fully saturated rings. The third-order valence-electron chi connectivity index (χ3n) is 5.43. The molecule has 3 aromatic heterocycles. The number of pyridine rings is 1. The first-order valence-electron chi connectivity index (χ1n) is 10.6. The molecule has 5 rings (SSSR count). The van der Waals surface area contributed by atoms with Gasteiger partial charge in [-0.2, -0.15) is 0 Å². The second-order valence-electron chi connectivity index (χ2n) is 8.03. The minimum Gasteiger partial charge on any atom is -0.445 e. The van der Waals surface area contributed by atoms with Crippen LogP contribution in [0.4, 0.5) is 9.93 Å². The molecule has 1 unspecified atom stereocenters. The van der Waals surface area contributed by atoms with Gasteiger partial charge >= 0.3 is 6.09 Å². The van der Waals surface area contributed by atoms with Crippen molar-refractivity contribution in [1.82, 2.24) is 19.9 Å². The van der Waals surface area contributed by atoms with Gasteiger partial charge in [-0.3, -0.25) is 14.3 Å². The number of fused-ring (bicyclic) bond motifs is 2. The molecule has 1 atom stereocenters. The van der Waals surface area contributed by atoms with Gasteiger partial charge in [-0.25, -0.2) is 9.78 Å². The van der Waals surface area contributed by atoms with Crippen LogP contribution in [-0.2, 0) is 9.53 Å². The number of hydrogen-bond acceptors (Lipinski definition) is 7. The third kappa shape index (κ3) is 4.85. The van der Waals surface area contributed by atoms with Crippen molar-refractivity contribution in [2.24, 2.45) is 5.92 Å². The summed E-state index contributed by atoms with van der Waals surface area (Å²) in [4.78, 5) is 33.7. The fraction of sp³-hybridized carbons (Fsp3) is 0.304. The molecule has 0 spiro atoms. The molecule has 0 radical (unpaired) electrons. The SMILES string of the molecule is CNCC(C)OC(=O)n1ccc2ncc(-c3ccc4nc(NC(=O)C5CC5)sc4c3)cc21.Cl. The highest BCUT2D eigenvalue weighted by atomic mass is 35.5. The van der Waals surface area contributed by atoms with Gasteiger partial charge in [0.15, 0.2) is 5.13 Å². The molecule has 172 valence electrons. The van der Waals surface area contributed by atoms with Gasteiger partial charge < -0.3 is 15.4 Å². The van der Waals surface area contributed by atoms with E-state index in [1.54, 1.807) is 18.5 Å². The molecule has 0 saturated heterocycles. The molecule has 0 bridgehead atoms. The predicted octanol–water partition coefficient (Wildman–Crippen LogP) is 4.68. The van der Waals surface area contributed by atoms with Gasteiger partial charge in [-0.05, 0) is 56.6 Å². The fourth-order valence-corrected chi connectivity index (χ4v) is 4.50. The smallest absolute Gasteiger partial charge is 0.418 e. The van der Waals surface area contributed by atoms with E-state index < -0.39 is 6.09 Å². The number of amides is 1. The van der Waals surface area contributed by atoms with Gasteiger partial charge in [0.2, 0.25) is 5.91 Å². The van der Waals surface area contributed by atoms with Crippen LogP contribution in [0.5, 0.6) is 0 Å². The number of benzene rings is 1. The summed E-state index contributed by atoms with van der Waals surface area (Å²) in [6, 6.07) is 9.67. The van der Waals surface area contributed by atoms with Gasteiger partial charge in [-0.1, -0.05) is 17.4 Å². The maximum absolute atomic E-state index is 12.6. The Morgan fingerprint density at radius 3 is 2.79 bits per heavy atom. The van der Waals surface area contributed by atoms with Crippen molar-refractivity contribution < 1.29 is 14.3 Å². The Balaban J connectivity index is 0.00000259. The predicted molar refractivity (Wildman–Crippen MR) is 132 cm³/mol. The quantitative estimate of drug-likeness (QED) is 0.411. The minimum atomic E-state index is -0.435. The summed E-state index contributed by atoms with van der Waals surface area (Å²) in [7, 11) is 1.82. The number of rotatable bonds is 6. The minimum absolute atomic E-state index is 0. The lowest BCUT2D eigenvalue weighted by Gasteiger charge is -2.13. The number of carbonyl (C=O) groups is 2. The number of nitrogens with one attached hydrogen (secondary N) is 2. The Hall–Kier alpha value is -3.01. The van der Waals surface area contributed by atoms with E-state index in [9.17, 15) is 9.59 Å². The van der Waals surface area contributed by atoms with Crippen LogP contribution in [0.3, 0.4) is 0 Å². The van der Waals surface area contributed by atoms with Crippen molar-refractivity contribution in [3.05, 3.63) is 42.7 Å². The molecule has 1 aliphatic rings. The van der Waals surface area contributed by atoms with Crippen LogP contribution in [0, 0.1) is 5.92 Å². The highest BCUT2D eigenvalue weighted by Crippen LogP contribution is 2.34. The van der Waals surface area contributed by atoms with Gasteiger partial charge in [-0.15, -0.1) is 12.4 Å². The molecule has 3 heterocycles. The monoisotopic (exact) mass is 485 g/mol. The first-order valence-corrected chi connectivity index (χ1v) is 11.4. The van der Waals surface area contributed by atoms with Gasteiger partial charge in [0.1, 0.15) is 6.10 Å². The topological polar surface area (TPSA) is 98.1 Å². The number of likely N-dealkylation sites (N-methyl/N-ethyl adjacent to an activating group) is 1. The molecule has 1 amide bonds. The van der Waals surface area contributed by atoms with Crippen molar-refractivity contribution in [3.8, 4) is 11.1 Å². The second-order valence-corrected chi connectivity index (χ2v) is 9.06. The molecule has 8 nitrogen and oxygen atoms in total. The normalized spacial score (nSPS) is 14.1. The number of aromatic nitrogens is 3. The highest BCUT2D eigenvalue weighted by Gasteiger charge is 2.30. The lowest BCUT2D eigenvalue weighted by atomic mass is 10.1. The van der Waals surface area contributed by atoms with E-state index in [0.29, 0.717) is 17.2 Å². The van der Waals surface area contributed by atoms with Crippen molar-refractivity contribution in [2.45, 2.75) is 25.9 Å². The molecule has 1 aliphatic carbocycles. The number of anilines is 1. The Labute approximate surface area is 200 Å².